The molecule has 1 aromatic heterocycles. The lowest BCUT2D eigenvalue weighted by Crippen LogP contribution is -1.94. The predicted octanol–water partition coefficient (Wildman–Crippen LogP) is 2.65. The second kappa shape index (κ2) is 3.51. The average Bonchev–Trinajstić information content (AvgIpc) is 1.99. The van der Waals surface area contributed by atoms with Crippen LogP contribution in [0.3, 0.4) is 0 Å². The molecular formula is C10H15N. The van der Waals surface area contributed by atoms with Crippen molar-refractivity contribution in [3.63, 3.8) is 0 Å². The Morgan fingerprint density at radius 2 is 2.09 bits per heavy atom. The molecule has 1 heteroatoms. The first-order valence-electron chi connectivity index (χ1n) is 4.16. The molecule has 0 aromatic carbocycles. The minimum Gasteiger partial charge on any atom is -0.261 e. The van der Waals surface area contributed by atoms with E-state index in [0.29, 0.717) is 0 Å². The number of aromatic nitrogens is 1. The van der Waals surface area contributed by atoms with Crippen molar-refractivity contribution in [1.29, 1.82) is 0 Å². The number of rotatable bonds is 2. The highest BCUT2D eigenvalue weighted by Crippen LogP contribution is 2.10. The van der Waals surface area contributed by atoms with E-state index in [2.05, 4.69) is 31.8 Å². The van der Waals surface area contributed by atoms with Crippen molar-refractivity contribution in [3.05, 3.63) is 29.1 Å². The summed E-state index contributed by atoms with van der Waals surface area (Å²) in [6, 6.07) is 2.06. The summed E-state index contributed by atoms with van der Waals surface area (Å²) in [6.07, 6.45) is 4.18. The van der Waals surface area contributed by atoms with E-state index in [4.69, 9.17) is 0 Å². The van der Waals surface area contributed by atoms with Gasteiger partial charge in [0.25, 0.3) is 0 Å². The highest BCUT2D eigenvalue weighted by atomic mass is 14.7. The molecule has 11 heavy (non-hydrogen) atoms. The highest BCUT2D eigenvalue weighted by molar-refractivity contribution is 5.27. The monoisotopic (exact) mass is 149 g/mol. The van der Waals surface area contributed by atoms with Crippen LogP contribution in [0.1, 0.15) is 30.2 Å². The summed E-state index contributed by atoms with van der Waals surface area (Å²) in [6.45, 7) is 6.47. The predicted molar refractivity (Wildman–Crippen MR) is 47.7 cm³/mol. The lowest BCUT2D eigenvalue weighted by Gasteiger charge is -2.04. The summed E-state index contributed by atoms with van der Waals surface area (Å²) in [5, 5.41) is 0. The third kappa shape index (κ3) is 1.79. The fourth-order valence-corrected chi connectivity index (χ4v) is 1.18. The van der Waals surface area contributed by atoms with Gasteiger partial charge < -0.3 is 0 Å². The molecule has 0 aliphatic rings. The highest BCUT2D eigenvalue weighted by Gasteiger charge is 1.99. The maximum absolute atomic E-state index is 4.33. The minimum atomic E-state index is 1.10. The summed E-state index contributed by atoms with van der Waals surface area (Å²) in [4.78, 5) is 4.33. The van der Waals surface area contributed by atoms with Gasteiger partial charge in [0.15, 0.2) is 0 Å². The van der Waals surface area contributed by atoms with Gasteiger partial charge in [-0.3, -0.25) is 4.98 Å². The van der Waals surface area contributed by atoms with Gasteiger partial charge in [-0.2, -0.15) is 0 Å². The zero-order valence-electron chi connectivity index (χ0n) is 7.52. The van der Waals surface area contributed by atoms with Crippen LogP contribution in [0.25, 0.3) is 0 Å². The normalized spacial score (nSPS) is 10.1. The minimum absolute atomic E-state index is 1.10. The fourth-order valence-electron chi connectivity index (χ4n) is 1.18. The van der Waals surface area contributed by atoms with Crippen LogP contribution in [0.4, 0.5) is 0 Å². The number of hydrogen-bond donors (Lipinski definition) is 0. The zero-order chi connectivity index (χ0) is 8.27. The number of hydrogen-bond acceptors (Lipinski definition) is 1. The summed E-state index contributed by atoms with van der Waals surface area (Å²) in [7, 11) is 0. The molecule has 0 unspecified atom stereocenters. The second-order valence-corrected chi connectivity index (χ2v) is 2.95. The van der Waals surface area contributed by atoms with Crippen LogP contribution in [-0.2, 0) is 6.42 Å². The molecule has 0 saturated heterocycles. The van der Waals surface area contributed by atoms with Crippen molar-refractivity contribution in [3.8, 4) is 0 Å². The topological polar surface area (TPSA) is 12.9 Å². The van der Waals surface area contributed by atoms with E-state index in [1.807, 2.05) is 6.20 Å². The van der Waals surface area contributed by atoms with Crippen LogP contribution in [-0.4, -0.2) is 4.98 Å². The first-order valence-corrected chi connectivity index (χ1v) is 4.16. The average molecular weight is 149 g/mol. The maximum atomic E-state index is 4.33. The number of nitrogens with zero attached hydrogens (tertiary/aromatic N) is 1. The third-order valence-corrected chi connectivity index (χ3v) is 2.07. The summed E-state index contributed by atoms with van der Waals surface area (Å²) in [5.74, 6) is 0. The molecule has 0 atom stereocenters. The lowest BCUT2D eigenvalue weighted by atomic mass is 10.1. The van der Waals surface area contributed by atoms with Gasteiger partial charge in [0.05, 0.1) is 0 Å². The van der Waals surface area contributed by atoms with Crippen molar-refractivity contribution in [1.82, 2.24) is 4.98 Å². The molecule has 0 fully saturated rings. The van der Waals surface area contributed by atoms with E-state index in [1.54, 1.807) is 0 Å². The van der Waals surface area contributed by atoms with Crippen LogP contribution in [0, 0.1) is 13.8 Å². The second-order valence-electron chi connectivity index (χ2n) is 2.95. The zero-order valence-corrected chi connectivity index (χ0v) is 7.52. The third-order valence-electron chi connectivity index (χ3n) is 2.07. The Kier molecular flexibility index (Phi) is 2.64. The first-order chi connectivity index (χ1) is 5.25. The fraction of sp³-hybridized carbons (Fsp3) is 0.500. The molecule has 0 radical (unpaired) electrons. The molecule has 1 aromatic rings. The summed E-state index contributed by atoms with van der Waals surface area (Å²) < 4.78 is 0. The van der Waals surface area contributed by atoms with Gasteiger partial charge in [-0.25, -0.2) is 0 Å². The summed E-state index contributed by atoms with van der Waals surface area (Å²) >= 11 is 0. The van der Waals surface area contributed by atoms with Crippen LogP contribution in [0.15, 0.2) is 12.3 Å². The summed E-state index contributed by atoms with van der Waals surface area (Å²) in [5.41, 5.74) is 3.96. The van der Waals surface area contributed by atoms with Gasteiger partial charge in [0, 0.05) is 11.9 Å². The van der Waals surface area contributed by atoms with Crippen LogP contribution in [0.5, 0.6) is 0 Å². The van der Waals surface area contributed by atoms with E-state index in [1.165, 1.54) is 23.2 Å². The standard InChI is InChI=1S/C10H15N/c1-4-5-10-9(3)8(2)6-7-11-10/h6-7H,4-5H2,1-3H3. The van der Waals surface area contributed by atoms with E-state index in [0.717, 1.165) is 6.42 Å². The van der Waals surface area contributed by atoms with Gasteiger partial charge >= 0.3 is 0 Å². The van der Waals surface area contributed by atoms with Crippen LogP contribution >= 0.6 is 0 Å². The largest absolute Gasteiger partial charge is 0.261 e. The first kappa shape index (κ1) is 8.25. The Bertz CT molecular complexity index is 241. The van der Waals surface area contributed by atoms with Crippen molar-refractivity contribution in [2.75, 3.05) is 0 Å². The Hall–Kier alpha value is -0.850. The molecule has 0 N–H and O–H groups in total. The Labute approximate surface area is 68.5 Å². The van der Waals surface area contributed by atoms with Gasteiger partial charge in [0.1, 0.15) is 0 Å². The van der Waals surface area contributed by atoms with E-state index < -0.39 is 0 Å². The SMILES string of the molecule is CCCc1nccc(C)c1C. The smallest absolute Gasteiger partial charge is 0.0435 e. The molecule has 0 bridgehead atoms. The lowest BCUT2D eigenvalue weighted by molar-refractivity contribution is 0.867. The Morgan fingerprint density at radius 1 is 1.36 bits per heavy atom. The van der Waals surface area contributed by atoms with Crippen LogP contribution in [0.2, 0.25) is 0 Å². The molecule has 0 saturated carbocycles. The molecule has 60 valence electrons. The van der Waals surface area contributed by atoms with Crippen molar-refractivity contribution >= 4 is 0 Å². The van der Waals surface area contributed by atoms with Gasteiger partial charge in [-0.1, -0.05) is 13.3 Å². The molecule has 0 spiro atoms. The Balaban J connectivity index is 2.96. The maximum Gasteiger partial charge on any atom is 0.0435 e. The molecule has 1 heterocycles. The molecule has 0 aliphatic carbocycles. The van der Waals surface area contributed by atoms with E-state index in [-0.39, 0.29) is 0 Å². The van der Waals surface area contributed by atoms with Gasteiger partial charge in [0.2, 0.25) is 0 Å². The molecule has 0 amide bonds. The van der Waals surface area contributed by atoms with Crippen molar-refractivity contribution in [2.24, 2.45) is 0 Å². The molecule has 0 aliphatic heterocycles. The van der Waals surface area contributed by atoms with Crippen LogP contribution < -0.4 is 0 Å². The number of aryl methyl sites for hydroxylation is 2. The molecular weight excluding hydrogens is 134 g/mol. The van der Waals surface area contributed by atoms with E-state index >= 15 is 0 Å². The Morgan fingerprint density at radius 3 is 2.73 bits per heavy atom. The number of pyridine rings is 1. The van der Waals surface area contributed by atoms with Crippen molar-refractivity contribution in [2.45, 2.75) is 33.6 Å². The quantitative estimate of drug-likeness (QED) is 0.630. The van der Waals surface area contributed by atoms with E-state index in [9.17, 15) is 0 Å². The van der Waals surface area contributed by atoms with Crippen molar-refractivity contribution < 1.29 is 0 Å². The molecule has 1 rings (SSSR count). The molecule has 1 nitrogen and oxygen atoms in total. The van der Waals surface area contributed by atoms with Gasteiger partial charge in [-0.15, -0.1) is 0 Å². The van der Waals surface area contributed by atoms with Gasteiger partial charge in [-0.05, 0) is 37.5 Å².